The maximum atomic E-state index is 12.9. The molecule has 33 heavy (non-hydrogen) atoms. The number of carbonyl (C=O) groups excluding carboxylic acids is 1. The summed E-state index contributed by atoms with van der Waals surface area (Å²) in [5.74, 6) is 1.52. The van der Waals surface area contributed by atoms with Gasteiger partial charge in [-0.15, -0.1) is 0 Å². The Balaban J connectivity index is 1.24. The summed E-state index contributed by atoms with van der Waals surface area (Å²) in [6, 6.07) is 9.17. The van der Waals surface area contributed by atoms with Gasteiger partial charge in [-0.2, -0.15) is 4.98 Å². The fraction of sp³-hybridized carbons (Fsp3) is 0.435. The second kappa shape index (κ2) is 9.14. The average Bonchev–Trinajstić information content (AvgIpc) is 2.86. The highest BCUT2D eigenvalue weighted by Gasteiger charge is 2.24. The van der Waals surface area contributed by atoms with Crippen molar-refractivity contribution >= 4 is 28.6 Å². The summed E-state index contributed by atoms with van der Waals surface area (Å²) in [6.07, 6.45) is 1.45. The molecule has 0 saturated carbocycles. The van der Waals surface area contributed by atoms with Crippen LogP contribution in [0.1, 0.15) is 5.69 Å². The maximum absolute atomic E-state index is 12.9. The number of aryl methyl sites for hydroxylation is 1. The summed E-state index contributed by atoms with van der Waals surface area (Å²) >= 11 is 0. The van der Waals surface area contributed by atoms with Gasteiger partial charge in [0.25, 0.3) is 5.56 Å². The fourth-order valence-electron chi connectivity index (χ4n) is 4.25. The zero-order chi connectivity index (χ0) is 22.8. The van der Waals surface area contributed by atoms with Crippen molar-refractivity contribution in [3.05, 3.63) is 52.7 Å². The molecule has 0 radical (unpaired) electrons. The minimum atomic E-state index is -0.198. The molecule has 0 unspecified atom stereocenters. The molecule has 0 aliphatic carbocycles. The van der Waals surface area contributed by atoms with E-state index in [9.17, 15) is 9.59 Å². The van der Waals surface area contributed by atoms with Crippen LogP contribution in [0.3, 0.4) is 0 Å². The van der Waals surface area contributed by atoms with E-state index in [1.807, 2.05) is 19.1 Å². The topological polar surface area (TPSA) is 96.7 Å². The Bertz CT molecular complexity index is 1210. The van der Waals surface area contributed by atoms with E-state index in [0.29, 0.717) is 56.2 Å². The molecule has 2 aliphatic heterocycles. The Kier molecular flexibility index (Phi) is 5.91. The molecule has 1 aromatic carbocycles. The molecule has 0 atom stereocenters. The van der Waals surface area contributed by atoms with Gasteiger partial charge in [0.1, 0.15) is 12.4 Å². The van der Waals surface area contributed by atoms with E-state index >= 15 is 0 Å². The second-order valence-electron chi connectivity index (χ2n) is 8.33. The molecule has 3 aromatic rings. The van der Waals surface area contributed by atoms with Crippen molar-refractivity contribution in [2.75, 3.05) is 62.3 Å². The van der Waals surface area contributed by atoms with Gasteiger partial charge in [0.05, 0.1) is 30.4 Å². The van der Waals surface area contributed by atoms with Crippen LogP contribution in [0.15, 0.2) is 41.5 Å². The number of rotatable bonds is 4. The van der Waals surface area contributed by atoms with Gasteiger partial charge in [-0.05, 0) is 19.1 Å². The fourth-order valence-corrected chi connectivity index (χ4v) is 4.25. The lowest BCUT2D eigenvalue weighted by molar-refractivity contribution is -0.132. The first-order chi connectivity index (χ1) is 16.1. The molecular weight excluding hydrogens is 422 g/mol. The molecule has 0 bridgehead atoms. The van der Waals surface area contributed by atoms with Gasteiger partial charge in [0.2, 0.25) is 11.9 Å². The summed E-state index contributed by atoms with van der Waals surface area (Å²) in [5, 5.41) is 0.519. The normalized spacial score (nSPS) is 16.9. The summed E-state index contributed by atoms with van der Waals surface area (Å²) in [4.78, 5) is 45.4. The summed E-state index contributed by atoms with van der Waals surface area (Å²) in [5.41, 5.74) is 1.36. The van der Waals surface area contributed by atoms with Crippen LogP contribution in [-0.2, 0) is 16.1 Å². The number of benzene rings is 1. The Hall–Kier alpha value is -3.53. The predicted octanol–water partition coefficient (Wildman–Crippen LogP) is 0.680. The first-order valence-corrected chi connectivity index (χ1v) is 11.2. The van der Waals surface area contributed by atoms with Crippen LogP contribution >= 0.6 is 0 Å². The van der Waals surface area contributed by atoms with E-state index in [4.69, 9.17) is 9.72 Å². The molecule has 5 rings (SSSR count). The number of aromatic nitrogens is 4. The molecule has 0 N–H and O–H groups in total. The first-order valence-electron chi connectivity index (χ1n) is 11.2. The molecule has 2 aliphatic rings. The van der Waals surface area contributed by atoms with E-state index in [1.165, 1.54) is 10.9 Å². The molecule has 172 valence electrons. The molecule has 2 fully saturated rings. The number of carbonyl (C=O) groups is 1. The first kappa shape index (κ1) is 21.3. The molecule has 4 heterocycles. The number of hydrogen-bond acceptors (Lipinski definition) is 8. The third-order valence-corrected chi connectivity index (χ3v) is 6.12. The second-order valence-corrected chi connectivity index (χ2v) is 8.33. The zero-order valence-electron chi connectivity index (χ0n) is 18.7. The van der Waals surface area contributed by atoms with Crippen molar-refractivity contribution in [2.24, 2.45) is 0 Å². The highest BCUT2D eigenvalue weighted by molar-refractivity contribution is 5.79. The lowest BCUT2D eigenvalue weighted by Gasteiger charge is -2.35. The molecule has 10 heteroatoms. The van der Waals surface area contributed by atoms with Gasteiger partial charge in [0, 0.05) is 51.0 Å². The highest BCUT2D eigenvalue weighted by atomic mass is 16.5. The SMILES string of the molecule is Cc1cc(N2CCOCC2)nc(N2CCN(C(=O)Cn3cnc4ccccc4c3=O)CC2)n1. The van der Waals surface area contributed by atoms with E-state index in [0.717, 1.165) is 24.6 Å². The number of fused-ring (bicyclic) bond motifs is 1. The minimum Gasteiger partial charge on any atom is -0.378 e. The van der Waals surface area contributed by atoms with Crippen molar-refractivity contribution in [3.8, 4) is 0 Å². The van der Waals surface area contributed by atoms with E-state index in [-0.39, 0.29) is 18.0 Å². The molecule has 10 nitrogen and oxygen atoms in total. The van der Waals surface area contributed by atoms with Crippen LogP contribution in [0.5, 0.6) is 0 Å². The number of para-hydroxylation sites is 1. The van der Waals surface area contributed by atoms with Crippen LogP contribution < -0.4 is 15.4 Å². The molecule has 1 amide bonds. The van der Waals surface area contributed by atoms with Gasteiger partial charge in [-0.25, -0.2) is 9.97 Å². The van der Waals surface area contributed by atoms with Gasteiger partial charge in [-0.1, -0.05) is 12.1 Å². The van der Waals surface area contributed by atoms with Gasteiger partial charge < -0.3 is 19.4 Å². The standard InChI is InChI=1S/C23H27N7O3/c1-17-14-20(27-10-12-33-13-11-27)26-23(25-17)29-8-6-28(7-9-29)21(31)15-30-16-24-19-5-3-2-4-18(19)22(30)32/h2-5,14,16H,6-13,15H2,1H3. The van der Waals surface area contributed by atoms with Crippen LogP contribution in [0.2, 0.25) is 0 Å². The quantitative estimate of drug-likeness (QED) is 0.574. The Labute approximate surface area is 191 Å². The van der Waals surface area contributed by atoms with Crippen LogP contribution in [0.4, 0.5) is 11.8 Å². The molecule has 0 spiro atoms. The van der Waals surface area contributed by atoms with Crippen molar-refractivity contribution in [2.45, 2.75) is 13.5 Å². The summed E-state index contributed by atoms with van der Waals surface area (Å²) in [7, 11) is 0. The predicted molar refractivity (Wildman–Crippen MR) is 125 cm³/mol. The van der Waals surface area contributed by atoms with Crippen LogP contribution in [-0.4, -0.2) is 82.8 Å². The van der Waals surface area contributed by atoms with Gasteiger partial charge >= 0.3 is 0 Å². The smallest absolute Gasteiger partial charge is 0.261 e. The van der Waals surface area contributed by atoms with Gasteiger partial charge in [-0.3, -0.25) is 14.2 Å². The average molecular weight is 450 g/mol. The molecule has 2 saturated heterocycles. The lowest BCUT2D eigenvalue weighted by atomic mass is 10.2. The third-order valence-electron chi connectivity index (χ3n) is 6.12. The molecular formula is C23H27N7O3. The highest BCUT2D eigenvalue weighted by Crippen LogP contribution is 2.20. The number of amides is 1. The Morgan fingerprint density at radius 1 is 1.00 bits per heavy atom. The van der Waals surface area contributed by atoms with Crippen molar-refractivity contribution in [1.29, 1.82) is 0 Å². The minimum absolute atomic E-state index is 0.0151. The number of hydrogen-bond donors (Lipinski definition) is 0. The van der Waals surface area contributed by atoms with E-state index < -0.39 is 0 Å². The Morgan fingerprint density at radius 3 is 2.55 bits per heavy atom. The number of nitrogens with zero attached hydrogens (tertiary/aromatic N) is 7. The molecule has 2 aromatic heterocycles. The van der Waals surface area contributed by atoms with Crippen LogP contribution in [0, 0.1) is 6.92 Å². The Morgan fingerprint density at radius 2 is 1.76 bits per heavy atom. The van der Waals surface area contributed by atoms with Crippen molar-refractivity contribution in [1.82, 2.24) is 24.4 Å². The largest absolute Gasteiger partial charge is 0.378 e. The third kappa shape index (κ3) is 4.51. The van der Waals surface area contributed by atoms with E-state index in [1.54, 1.807) is 23.1 Å². The summed E-state index contributed by atoms with van der Waals surface area (Å²) < 4.78 is 6.83. The van der Waals surface area contributed by atoms with Crippen molar-refractivity contribution in [3.63, 3.8) is 0 Å². The van der Waals surface area contributed by atoms with Crippen LogP contribution in [0.25, 0.3) is 10.9 Å². The number of anilines is 2. The lowest BCUT2D eigenvalue weighted by Crippen LogP contribution is -2.50. The summed E-state index contributed by atoms with van der Waals surface area (Å²) in [6.45, 7) is 7.40. The monoisotopic (exact) mass is 449 g/mol. The van der Waals surface area contributed by atoms with E-state index in [2.05, 4.69) is 19.8 Å². The number of ether oxygens (including phenoxy) is 1. The number of piperazine rings is 1. The van der Waals surface area contributed by atoms with Gasteiger partial charge in [0.15, 0.2) is 0 Å². The zero-order valence-corrected chi connectivity index (χ0v) is 18.7. The van der Waals surface area contributed by atoms with Crippen molar-refractivity contribution < 1.29 is 9.53 Å². The number of morpholine rings is 1. The maximum Gasteiger partial charge on any atom is 0.261 e.